The summed E-state index contributed by atoms with van der Waals surface area (Å²) in [6.07, 6.45) is 0. The van der Waals surface area contributed by atoms with E-state index in [1.807, 2.05) is 12.1 Å². The Morgan fingerprint density at radius 2 is 2.00 bits per heavy atom. The Morgan fingerprint density at radius 3 is 2.58 bits per heavy atom. The van der Waals surface area contributed by atoms with Crippen LogP contribution in [0.1, 0.15) is 18.5 Å². The second kappa shape index (κ2) is 6.37. The number of ether oxygens (including phenoxy) is 1. The molecule has 2 N–H and O–H groups in total. The van der Waals surface area contributed by atoms with Crippen molar-refractivity contribution in [3.8, 4) is 5.75 Å². The van der Waals surface area contributed by atoms with Crippen molar-refractivity contribution in [3.05, 3.63) is 29.8 Å². The Kier molecular flexibility index (Phi) is 4.80. The Morgan fingerprint density at radius 1 is 1.32 bits per heavy atom. The normalized spacial score (nSPS) is 23.3. The molecule has 1 aliphatic heterocycles. The molecule has 1 saturated heterocycles. The molecule has 0 saturated carbocycles. The first-order valence-electron chi connectivity index (χ1n) is 6.92. The highest BCUT2D eigenvalue weighted by Gasteiger charge is 2.22. The number of rotatable bonds is 4. The van der Waals surface area contributed by atoms with Crippen LogP contribution in [0, 0.1) is 0 Å². The lowest BCUT2D eigenvalue weighted by Gasteiger charge is -2.38. The molecule has 106 valence electrons. The Hall–Kier alpha value is -1.10. The lowest BCUT2D eigenvalue weighted by molar-refractivity contribution is 0.100. The second-order valence-electron chi connectivity index (χ2n) is 5.47. The lowest BCUT2D eigenvalue weighted by atomic mass is 10.1. The second-order valence-corrected chi connectivity index (χ2v) is 5.47. The molecule has 0 spiro atoms. The van der Waals surface area contributed by atoms with Gasteiger partial charge in [0.15, 0.2) is 0 Å². The van der Waals surface area contributed by atoms with Gasteiger partial charge < -0.3 is 15.4 Å². The zero-order valence-electron chi connectivity index (χ0n) is 12.2. The quantitative estimate of drug-likeness (QED) is 0.890. The zero-order valence-corrected chi connectivity index (χ0v) is 12.2. The van der Waals surface area contributed by atoms with Crippen LogP contribution < -0.4 is 10.5 Å². The average molecular weight is 263 g/mol. The predicted molar refractivity (Wildman–Crippen MR) is 78.5 cm³/mol. The number of likely N-dealkylation sites (N-methyl/N-ethyl adjacent to an activating group) is 1. The highest BCUT2D eigenvalue weighted by molar-refractivity contribution is 5.29. The number of hydrogen-bond acceptors (Lipinski definition) is 4. The highest BCUT2D eigenvalue weighted by Crippen LogP contribution is 2.18. The van der Waals surface area contributed by atoms with Gasteiger partial charge in [-0.15, -0.1) is 0 Å². The lowest BCUT2D eigenvalue weighted by Crippen LogP contribution is -2.51. The molecule has 1 aliphatic rings. The molecule has 0 aromatic heterocycles. The summed E-state index contributed by atoms with van der Waals surface area (Å²) in [5.74, 6) is 0.879. The van der Waals surface area contributed by atoms with Crippen molar-refractivity contribution in [2.24, 2.45) is 5.73 Å². The molecular formula is C15H25N3O. The van der Waals surface area contributed by atoms with E-state index < -0.39 is 0 Å². The minimum absolute atomic E-state index is 0.0708. The van der Waals surface area contributed by atoms with Gasteiger partial charge in [0.05, 0.1) is 7.11 Å². The molecule has 0 bridgehead atoms. The third-order valence-electron chi connectivity index (χ3n) is 4.04. The summed E-state index contributed by atoms with van der Waals surface area (Å²) in [5, 5.41) is 0. The molecule has 1 aromatic rings. The Bertz CT molecular complexity index is 393. The molecule has 0 aliphatic carbocycles. The van der Waals surface area contributed by atoms with E-state index in [0.29, 0.717) is 6.04 Å². The fraction of sp³-hybridized carbons (Fsp3) is 0.600. The van der Waals surface area contributed by atoms with E-state index in [0.717, 1.165) is 31.9 Å². The van der Waals surface area contributed by atoms with E-state index in [4.69, 9.17) is 10.5 Å². The maximum atomic E-state index is 6.30. The molecule has 2 rings (SSSR count). The van der Waals surface area contributed by atoms with Gasteiger partial charge in [0.2, 0.25) is 0 Å². The number of hydrogen-bond donors (Lipinski definition) is 1. The molecular weight excluding hydrogens is 238 g/mol. The van der Waals surface area contributed by atoms with Crippen LogP contribution in [0.4, 0.5) is 0 Å². The number of nitrogens with two attached hydrogens (primary N) is 1. The van der Waals surface area contributed by atoms with Gasteiger partial charge in [0.1, 0.15) is 5.75 Å². The molecule has 0 radical (unpaired) electrons. The predicted octanol–water partition coefficient (Wildman–Crippen LogP) is 1.33. The van der Waals surface area contributed by atoms with E-state index in [1.165, 1.54) is 5.56 Å². The van der Waals surface area contributed by atoms with Crippen LogP contribution in [0.5, 0.6) is 5.75 Å². The fourth-order valence-electron chi connectivity index (χ4n) is 2.52. The molecule has 4 nitrogen and oxygen atoms in total. The standard InChI is InChI=1S/C15H25N3O/c1-12-10-18(9-8-17(12)2)11-15(16)13-4-6-14(19-3)7-5-13/h4-7,12,15H,8-11,16H2,1-3H3. The van der Waals surface area contributed by atoms with Crippen LogP contribution in [0.3, 0.4) is 0 Å². The summed E-state index contributed by atoms with van der Waals surface area (Å²) in [5.41, 5.74) is 7.47. The molecule has 1 fully saturated rings. The van der Waals surface area contributed by atoms with Crippen molar-refractivity contribution in [3.63, 3.8) is 0 Å². The number of nitrogens with zero attached hydrogens (tertiary/aromatic N) is 2. The van der Waals surface area contributed by atoms with Crippen molar-refractivity contribution in [1.29, 1.82) is 0 Å². The highest BCUT2D eigenvalue weighted by atomic mass is 16.5. The monoisotopic (exact) mass is 263 g/mol. The van der Waals surface area contributed by atoms with Gasteiger partial charge in [-0.2, -0.15) is 0 Å². The summed E-state index contributed by atoms with van der Waals surface area (Å²) in [6, 6.07) is 8.74. The van der Waals surface area contributed by atoms with Crippen LogP contribution >= 0.6 is 0 Å². The third-order valence-corrected chi connectivity index (χ3v) is 4.04. The van der Waals surface area contributed by atoms with Gasteiger partial charge in [-0.1, -0.05) is 12.1 Å². The topological polar surface area (TPSA) is 41.7 Å². The average Bonchev–Trinajstić information content (AvgIpc) is 2.43. The van der Waals surface area contributed by atoms with Crippen molar-refractivity contribution in [2.75, 3.05) is 40.3 Å². The SMILES string of the molecule is COc1ccc(C(N)CN2CCN(C)C(C)C2)cc1. The smallest absolute Gasteiger partial charge is 0.118 e. The fourth-order valence-corrected chi connectivity index (χ4v) is 2.52. The maximum absolute atomic E-state index is 6.30. The molecule has 2 atom stereocenters. The summed E-state index contributed by atoms with van der Waals surface area (Å²) in [7, 11) is 3.87. The molecule has 1 aromatic carbocycles. The van der Waals surface area contributed by atoms with Crippen LogP contribution in [-0.4, -0.2) is 56.2 Å². The van der Waals surface area contributed by atoms with Gasteiger partial charge in [0, 0.05) is 38.3 Å². The summed E-state index contributed by atoms with van der Waals surface area (Å²) in [4.78, 5) is 4.86. The van der Waals surface area contributed by atoms with Crippen LogP contribution in [0.15, 0.2) is 24.3 Å². The van der Waals surface area contributed by atoms with Crippen molar-refractivity contribution in [1.82, 2.24) is 9.80 Å². The van der Waals surface area contributed by atoms with Crippen LogP contribution in [-0.2, 0) is 0 Å². The van der Waals surface area contributed by atoms with Crippen molar-refractivity contribution >= 4 is 0 Å². The molecule has 0 amide bonds. The van der Waals surface area contributed by atoms with E-state index in [-0.39, 0.29) is 6.04 Å². The van der Waals surface area contributed by atoms with Gasteiger partial charge >= 0.3 is 0 Å². The summed E-state index contributed by atoms with van der Waals surface area (Å²) in [6.45, 7) is 6.51. The molecule has 4 heteroatoms. The van der Waals surface area contributed by atoms with Gasteiger partial charge in [-0.25, -0.2) is 0 Å². The van der Waals surface area contributed by atoms with Gasteiger partial charge in [0.25, 0.3) is 0 Å². The number of benzene rings is 1. The van der Waals surface area contributed by atoms with E-state index in [9.17, 15) is 0 Å². The Labute approximate surface area is 116 Å². The van der Waals surface area contributed by atoms with E-state index in [2.05, 4.69) is 35.9 Å². The van der Waals surface area contributed by atoms with Crippen molar-refractivity contribution < 1.29 is 4.74 Å². The number of piperazine rings is 1. The van der Waals surface area contributed by atoms with Crippen LogP contribution in [0.25, 0.3) is 0 Å². The zero-order chi connectivity index (χ0) is 13.8. The van der Waals surface area contributed by atoms with Gasteiger partial charge in [-0.05, 0) is 31.7 Å². The van der Waals surface area contributed by atoms with Gasteiger partial charge in [-0.3, -0.25) is 4.90 Å². The first kappa shape index (κ1) is 14.3. The third kappa shape index (κ3) is 3.69. The van der Waals surface area contributed by atoms with E-state index >= 15 is 0 Å². The van der Waals surface area contributed by atoms with Crippen LogP contribution in [0.2, 0.25) is 0 Å². The minimum atomic E-state index is 0.0708. The van der Waals surface area contributed by atoms with E-state index in [1.54, 1.807) is 7.11 Å². The maximum Gasteiger partial charge on any atom is 0.118 e. The first-order valence-corrected chi connectivity index (χ1v) is 6.92. The summed E-state index contributed by atoms with van der Waals surface area (Å²) < 4.78 is 5.17. The largest absolute Gasteiger partial charge is 0.497 e. The summed E-state index contributed by atoms with van der Waals surface area (Å²) >= 11 is 0. The first-order chi connectivity index (χ1) is 9.10. The minimum Gasteiger partial charge on any atom is -0.497 e. The molecule has 2 unspecified atom stereocenters. The Balaban J connectivity index is 1.91. The number of methoxy groups -OCH3 is 1. The van der Waals surface area contributed by atoms with Crippen molar-refractivity contribution in [2.45, 2.75) is 19.0 Å². The molecule has 1 heterocycles. The molecule has 19 heavy (non-hydrogen) atoms.